The molecule has 0 aliphatic carbocycles. The van der Waals surface area contributed by atoms with E-state index in [-0.39, 0.29) is 11.9 Å². The van der Waals surface area contributed by atoms with E-state index in [4.69, 9.17) is 5.73 Å². The lowest BCUT2D eigenvalue weighted by molar-refractivity contribution is 0.601. The zero-order chi connectivity index (χ0) is 17.2. The molecule has 1 heterocycles. The molecule has 0 aliphatic rings. The van der Waals surface area contributed by atoms with Gasteiger partial charge < -0.3 is 10.6 Å². The van der Waals surface area contributed by atoms with Crippen LogP contribution in [0, 0.1) is 0 Å². The fourth-order valence-electron chi connectivity index (χ4n) is 2.44. The van der Waals surface area contributed by atoms with E-state index < -0.39 is 9.84 Å². The molecule has 6 nitrogen and oxygen atoms in total. The van der Waals surface area contributed by atoms with Crippen LogP contribution in [0.4, 0.5) is 17.5 Å². The van der Waals surface area contributed by atoms with E-state index in [1.54, 1.807) is 24.4 Å². The van der Waals surface area contributed by atoms with Gasteiger partial charge in [-0.05, 0) is 42.7 Å². The number of benzene rings is 1. The van der Waals surface area contributed by atoms with E-state index in [9.17, 15) is 8.42 Å². The van der Waals surface area contributed by atoms with Crippen LogP contribution < -0.4 is 10.6 Å². The van der Waals surface area contributed by atoms with E-state index in [0.29, 0.717) is 17.3 Å². The predicted molar refractivity (Wildman–Crippen MR) is 92.8 cm³/mol. The first kappa shape index (κ1) is 17.2. The maximum atomic E-state index is 11.8. The number of rotatable bonds is 5. The number of hydrogen-bond acceptors (Lipinski definition) is 6. The third-order valence-electron chi connectivity index (χ3n) is 3.59. The maximum absolute atomic E-state index is 11.8. The van der Waals surface area contributed by atoms with Gasteiger partial charge in [-0.3, -0.25) is 0 Å². The Kier molecular flexibility index (Phi) is 4.89. The van der Waals surface area contributed by atoms with Gasteiger partial charge in [0.15, 0.2) is 9.84 Å². The summed E-state index contributed by atoms with van der Waals surface area (Å²) in [4.78, 5) is 10.5. The van der Waals surface area contributed by atoms with E-state index in [1.807, 2.05) is 31.7 Å². The third-order valence-corrected chi connectivity index (χ3v) is 4.70. The fourth-order valence-corrected chi connectivity index (χ4v) is 3.10. The molecular weight excluding hydrogens is 312 g/mol. The molecule has 0 amide bonds. The van der Waals surface area contributed by atoms with Gasteiger partial charge in [0.25, 0.3) is 0 Å². The Hall–Kier alpha value is -2.15. The zero-order valence-electron chi connectivity index (χ0n) is 13.8. The van der Waals surface area contributed by atoms with Gasteiger partial charge in [-0.25, -0.2) is 13.4 Å². The molecule has 0 fully saturated rings. The average molecular weight is 334 g/mol. The monoisotopic (exact) mass is 334 g/mol. The van der Waals surface area contributed by atoms with Crippen LogP contribution in [0.5, 0.6) is 0 Å². The van der Waals surface area contributed by atoms with Gasteiger partial charge in [-0.15, -0.1) is 0 Å². The average Bonchev–Trinajstić information content (AvgIpc) is 2.47. The smallest absolute Gasteiger partial charge is 0.221 e. The Morgan fingerprint density at radius 2 is 1.96 bits per heavy atom. The predicted octanol–water partition coefficient (Wildman–Crippen LogP) is 2.74. The van der Waals surface area contributed by atoms with Crippen molar-refractivity contribution in [1.82, 2.24) is 9.97 Å². The van der Waals surface area contributed by atoms with Crippen molar-refractivity contribution < 1.29 is 8.42 Å². The minimum absolute atomic E-state index is 0.167. The summed E-state index contributed by atoms with van der Waals surface area (Å²) in [5, 5.41) is 0. The summed E-state index contributed by atoms with van der Waals surface area (Å²) >= 11 is 0. The van der Waals surface area contributed by atoms with E-state index in [2.05, 4.69) is 9.97 Å². The van der Waals surface area contributed by atoms with Crippen LogP contribution >= 0.6 is 0 Å². The molecule has 2 N–H and O–H groups in total. The molecule has 7 heteroatoms. The second kappa shape index (κ2) is 6.54. The Morgan fingerprint density at radius 3 is 2.48 bits per heavy atom. The minimum Gasteiger partial charge on any atom is -0.368 e. The van der Waals surface area contributed by atoms with Crippen molar-refractivity contribution >= 4 is 27.3 Å². The van der Waals surface area contributed by atoms with E-state index in [1.165, 1.54) is 6.26 Å². The van der Waals surface area contributed by atoms with Crippen LogP contribution in [0.25, 0.3) is 0 Å². The molecule has 0 saturated heterocycles. The Morgan fingerprint density at radius 1 is 1.26 bits per heavy atom. The highest BCUT2D eigenvalue weighted by Gasteiger charge is 2.18. The largest absolute Gasteiger partial charge is 0.368 e. The summed E-state index contributed by atoms with van der Waals surface area (Å²) in [7, 11) is -3.24. The van der Waals surface area contributed by atoms with E-state index >= 15 is 0 Å². The number of anilines is 3. The SMILES string of the molecule is CCN(c1ccnc(N)n1)c1ccc(S(C)(=O)=O)cc1C(C)C. The molecule has 0 bridgehead atoms. The number of nitrogens with two attached hydrogens (primary N) is 1. The Balaban J connectivity index is 2.60. The van der Waals surface area contributed by atoms with Crippen LogP contribution in [-0.2, 0) is 9.84 Å². The number of nitrogen functional groups attached to an aromatic ring is 1. The van der Waals surface area contributed by atoms with Crippen LogP contribution in [0.3, 0.4) is 0 Å². The lowest BCUT2D eigenvalue weighted by Gasteiger charge is -2.26. The molecular formula is C16H22N4O2S. The molecule has 0 radical (unpaired) electrons. The van der Waals surface area contributed by atoms with Crippen molar-refractivity contribution in [2.45, 2.75) is 31.6 Å². The van der Waals surface area contributed by atoms with Gasteiger partial charge in [0.05, 0.1) is 4.90 Å². The van der Waals surface area contributed by atoms with Crippen molar-refractivity contribution in [2.24, 2.45) is 0 Å². The van der Waals surface area contributed by atoms with Crippen molar-refractivity contribution in [1.29, 1.82) is 0 Å². The Labute approximate surface area is 137 Å². The molecule has 0 spiro atoms. The standard InChI is InChI=1S/C16H22N4O2S/c1-5-20(15-8-9-18-16(17)19-15)14-7-6-12(23(4,21)22)10-13(14)11(2)3/h6-11H,5H2,1-4H3,(H2,17,18,19). The topological polar surface area (TPSA) is 89.2 Å². The van der Waals surface area contributed by atoms with Gasteiger partial charge in [-0.2, -0.15) is 4.98 Å². The van der Waals surface area contributed by atoms with Crippen molar-refractivity contribution in [3.8, 4) is 0 Å². The second-order valence-electron chi connectivity index (χ2n) is 5.66. The van der Waals surface area contributed by atoms with Crippen molar-refractivity contribution in [3.05, 3.63) is 36.0 Å². The Bertz CT molecular complexity index is 803. The van der Waals surface area contributed by atoms with Crippen LogP contribution in [0.1, 0.15) is 32.3 Å². The first-order valence-corrected chi connectivity index (χ1v) is 9.33. The first-order valence-electron chi connectivity index (χ1n) is 7.44. The summed E-state index contributed by atoms with van der Waals surface area (Å²) in [6, 6.07) is 6.98. The molecule has 0 unspecified atom stereocenters. The fraction of sp³-hybridized carbons (Fsp3) is 0.375. The number of hydrogen-bond donors (Lipinski definition) is 1. The van der Waals surface area contributed by atoms with Crippen LogP contribution in [0.2, 0.25) is 0 Å². The summed E-state index contributed by atoms with van der Waals surface area (Å²) in [5.41, 5.74) is 7.55. The molecule has 124 valence electrons. The van der Waals surface area contributed by atoms with E-state index in [0.717, 1.165) is 11.3 Å². The van der Waals surface area contributed by atoms with Crippen molar-refractivity contribution in [2.75, 3.05) is 23.4 Å². The lowest BCUT2D eigenvalue weighted by atomic mass is 10.0. The van der Waals surface area contributed by atoms with Gasteiger partial charge in [0.1, 0.15) is 5.82 Å². The minimum atomic E-state index is -3.24. The molecule has 0 aliphatic heterocycles. The van der Waals surface area contributed by atoms with Gasteiger partial charge in [0.2, 0.25) is 5.95 Å². The molecule has 2 aromatic rings. The molecule has 2 rings (SSSR count). The number of nitrogens with zero attached hydrogens (tertiary/aromatic N) is 3. The summed E-state index contributed by atoms with van der Waals surface area (Å²) in [6.45, 7) is 6.75. The quantitative estimate of drug-likeness (QED) is 0.904. The van der Waals surface area contributed by atoms with Gasteiger partial charge in [0, 0.05) is 24.7 Å². The first-order chi connectivity index (χ1) is 10.7. The normalized spacial score (nSPS) is 11.7. The van der Waals surface area contributed by atoms with Crippen LogP contribution in [-0.4, -0.2) is 31.2 Å². The number of aromatic nitrogens is 2. The number of sulfone groups is 1. The second-order valence-corrected chi connectivity index (χ2v) is 7.68. The molecule has 1 aromatic heterocycles. The maximum Gasteiger partial charge on any atom is 0.221 e. The molecule has 0 saturated carbocycles. The zero-order valence-corrected chi connectivity index (χ0v) is 14.6. The highest BCUT2D eigenvalue weighted by Crippen LogP contribution is 2.33. The molecule has 1 aromatic carbocycles. The summed E-state index contributed by atoms with van der Waals surface area (Å²) in [5.74, 6) is 1.06. The van der Waals surface area contributed by atoms with Crippen molar-refractivity contribution in [3.63, 3.8) is 0 Å². The summed E-state index contributed by atoms with van der Waals surface area (Å²) < 4.78 is 23.6. The highest BCUT2D eigenvalue weighted by molar-refractivity contribution is 7.90. The van der Waals surface area contributed by atoms with Crippen LogP contribution in [0.15, 0.2) is 35.4 Å². The molecule has 23 heavy (non-hydrogen) atoms. The van der Waals surface area contributed by atoms with Gasteiger partial charge >= 0.3 is 0 Å². The highest BCUT2D eigenvalue weighted by atomic mass is 32.2. The van der Waals surface area contributed by atoms with Gasteiger partial charge in [-0.1, -0.05) is 13.8 Å². The molecule has 0 atom stereocenters. The summed E-state index contributed by atoms with van der Waals surface area (Å²) in [6.07, 6.45) is 2.83. The third kappa shape index (κ3) is 3.79. The lowest BCUT2D eigenvalue weighted by Crippen LogP contribution is -2.20.